The topological polar surface area (TPSA) is 34.4 Å². The highest BCUT2D eigenvalue weighted by Gasteiger charge is 2.15. The number of carbonyl (C=O) groups excluding carboxylic acids is 1. The summed E-state index contributed by atoms with van der Waals surface area (Å²) < 4.78 is 1.88. The number of fused-ring (bicyclic) bond motifs is 2. The van der Waals surface area contributed by atoms with Gasteiger partial charge in [-0.2, -0.15) is 0 Å². The number of imidazole rings is 1. The molecule has 128 valence electrons. The van der Waals surface area contributed by atoms with Crippen molar-refractivity contribution in [1.82, 2.24) is 9.38 Å². The molecule has 3 heteroatoms. The van der Waals surface area contributed by atoms with Crippen LogP contribution in [0.4, 0.5) is 0 Å². The first-order valence-corrected chi connectivity index (χ1v) is 8.93. The van der Waals surface area contributed by atoms with Crippen LogP contribution in [0.15, 0.2) is 60.9 Å². The van der Waals surface area contributed by atoms with E-state index in [0.29, 0.717) is 12.1 Å². The first-order chi connectivity index (χ1) is 12.2. The summed E-state index contributed by atoms with van der Waals surface area (Å²) >= 11 is 0. The summed E-state index contributed by atoms with van der Waals surface area (Å²) in [5.74, 6) is 0.0638. The zero-order chi connectivity index (χ0) is 17.8. The van der Waals surface area contributed by atoms with Gasteiger partial charge in [0.2, 0.25) is 0 Å². The summed E-state index contributed by atoms with van der Waals surface area (Å²) in [4.78, 5) is 16.9. The summed E-state index contributed by atoms with van der Waals surface area (Å²) in [6.45, 7) is 8.08. The van der Waals surface area contributed by atoms with Crippen molar-refractivity contribution in [2.45, 2.75) is 39.5 Å². The van der Waals surface area contributed by atoms with Crippen molar-refractivity contribution in [1.29, 1.82) is 0 Å². The molecule has 0 N–H and O–H groups in total. The number of carbonyl (C=O) groups is 1. The van der Waals surface area contributed by atoms with E-state index in [1.807, 2.05) is 42.6 Å². The van der Waals surface area contributed by atoms with E-state index in [4.69, 9.17) is 0 Å². The Hall–Kier alpha value is -2.68. The number of aryl methyl sites for hydroxylation is 1. The van der Waals surface area contributed by atoms with Gasteiger partial charge in [0.05, 0.1) is 0 Å². The van der Waals surface area contributed by atoms with Crippen LogP contribution in [0.3, 0.4) is 0 Å². The van der Waals surface area contributed by atoms with Crippen LogP contribution < -0.4 is 0 Å². The highest BCUT2D eigenvalue weighted by atomic mass is 16.1. The maximum absolute atomic E-state index is 12.5. The van der Waals surface area contributed by atoms with E-state index in [0.717, 1.165) is 30.5 Å². The Bertz CT molecular complexity index is 888. The highest BCUT2D eigenvalue weighted by molar-refractivity contribution is 5.96. The summed E-state index contributed by atoms with van der Waals surface area (Å²) in [6, 6.07) is 12.1. The fourth-order valence-corrected chi connectivity index (χ4v) is 3.21. The van der Waals surface area contributed by atoms with Crippen molar-refractivity contribution in [2.75, 3.05) is 0 Å². The molecule has 0 fully saturated rings. The van der Waals surface area contributed by atoms with Gasteiger partial charge in [0.15, 0.2) is 5.78 Å². The minimum absolute atomic E-state index is 0.0638. The summed E-state index contributed by atoms with van der Waals surface area (Å²) in [7, 11) is 0. The van der Waals surface area contributed by atoms with E-state index < -0.39 is 0 Å². The van der Waals surface area contributed by atoms with Crippen molar-refractivity contribution < 1.29 is 4.79 Å². The number of allylic oxidation sites excluding steroid dienone is 1. The minimum Gasteiger partial charge on any atom is -0.306 e. The number of nitrogens with zero attached hydrogens (tertiary/aromatic N) is 2. The van der Waals surface area contributed by atoms with Crippen LogP contribution in [0, 0.1) is 0 Å². The molecule has 1 aliphatic carbocycles. The predicted molar refractivity (Wildman–Crippen MR) is 102 cm³/mol. The third-order valence-corrected chi connectivity index (χ3v) is 4.47. The molecule has 3 aromatic rings. The standard InChI is InChI=1S/C20H18N2O.C2H6/c1-14-5-7-17-11-15(6-8-16(17)10-14)12-19(23)18-13-22-9-3-2-4-20(22)21-18;1-2/h2-4,6,8-9,11,13H,1,5,7,10,12H2;1-2H3. The van der Waals surface area contributed by atoms with Crippen LogP contribution in [-0.2, 0) is 19.3 Å². The van der Waals surface area contributed by atoms with Crippen LogP contribution in [-0.4, -0.2) is 15.2 Å². The zero-order valence-corrected chi connectivity index (χ0v) is 15.0. The van der Waals surface area contributed by atoms with Crippen LogP contribution in [0.5, 0.6) is 0 Å². The molecule has 3 nitrogen and oxygen atoms in total. The smallest absolute Gasteiger partial charge is 0.187 e. The maximum atomic E-state index is 12.5. The quantitative estimate of drug-likeness (QED) is 0.508. The molecule has 2 heterocycles. The van der Waals surface area contributed by atoms with Crippen molar-refractivity contribution in [3.8, 4) is 0 Å². The molecule has 1 aromatic carbocycles. The van der Waals surface area contributed by atoms with Gasteiger partial charge in [0.1, 0.15) is 11.3 Å². The molecule has 0 aliphatic heterocycles. The molecule has 0 atom stereocenters. The molecule has 0 amide bonds. The summed E-state index contributed by atoms with van der Waals surface area (Å²) in [6.07, 6.45) is 7.17. The lowest BCUT2D eigenvalue weighted by Crippen LogP contribution is -2.08. The first kappa shape index (κ1) is 17.2. The van der Waals surface area contributed by atoms with Gasteiger partial charge in [-0.3, -0.25) is 4.79 Å². The molecule has 0 unspecified atom stereocenters. The van der Waals surface area contributed by atoms with Crippen LogP contribution >= 0.6 is 0 Å². The molecule has 0 radical (unpaired) electrons. The van der Waals surface area contributed by atoms with E-state index in [1.165, 1.54) is 16.7 Å². The molecule has 4 rings (SSSR count). The number of benzene rings is 1. The van der Waals surface area contributed by atoms with Gasteiger partial charge in [-0.25, -0.2) is 4.98 Å². The third kappa shape index (κ3) is 3.71. The average Bonchev–Trinajstić information content (AvgIpc) is 3.08. The van der Waals surface area contributed by atoms with Gasteiger partial charge in [-0.05, 0) is 48.1 Å². The van der Waals surface area contributed by atoms with Gasteiger partial charge in [-0.15, -0.1) is 0 Å². The molecule has 0 saturated heterocycles. The van der Waals surface area contributed by atoms with E-state index in [1.54, 1.807) is 6.20 Å². The molecule has 2 aromatic heterocycles. The lowest BCUT2D eigenvalue weighted by Gasteiger charge is -2.18. The van der Waals surface area contributed by atoms with Crippen molar-refractivity contribution in [3.63, 3.8) is 0 Å². The Morgan fingerprint density at radius 2 is 2.00 bits per heavy atom. The third-order valence-electron chi connectivity index (χ3n) is 4.47. The maximum Gasteiger partial charge on any atom is 0.187 e. The van der Waals surface area contributed by atoms with Gasteiger partial charge < -0.3 is 4.40 Å². The fraction of sp³-hybridized carbons (Fsp3) is 0.273. The van der Waals surface area contributed by atoms with Gasteiger partial charge >= 0.3 is 0 Å². The second-order valence-electron chi connectivity index (χ2n) is 6.22. The number of aromatic nitrogens is 2. The molecule has 25 heavy (non-hydrogen) atoms. The van der Waals surface area contributed by atoms with Crippen molar-refractivity contribution in [2.24, 2.45) is 0 Å². The zero-order valence-electron chi connectivity index (χ0n) is 15.0. The fourth-order valence-electron chi connectivity index (χ4n) is 3.21. The van der Waals surface area contributed by atoms with Gasteiger partial charge in [0.25, 0.3) is 0 Å². The molecule has 1 aliphatic rings. The number of hydrogen-bond donors (Lipinski definition) is 0. The van der Waals surface area contributed by atoms with E-state index in [-0.39, 0.29) is 5.78 Å². The minimum atomic E-state index is 0.0638. The molecular formula is C22H24N2O. The molecule has 0 spiro atoms. The molecule has 0 saturated carbocycles. The van der Waals surface area contributed by atoms with E-state index in [9.17, 15) is 4.79 Å². The highest BCUT2D eigenvalue weighted by Crippen LogP contribution is 2.25. The first-order valence-electron chi connectivity index (χ1n) is 8.93. The second kappa shape index (κ2) is 7.47. The van der Waals surface area contributed by atoms with Crippen LogP contribution in [0.2, 0.25) is 0 Å². The number of rotatable bonds is 3. The largest absolute Gasteiger partial charge is 0.306 e. The van der Waals surface area contributed by atoms with E-state index >= 15 is 0 Å². The number of pyridine rings is 1. The van der Waals surface area contributed by atoms with E-state index in [2.05, 4.69) is 29.8 Å². The SMILES string of the molecule is C=C1CCc2cc(CC(=O)c3cn4ccccc4n3)ccc2C1.CC. The average molecular weight is 332 g/mol. The summed E-state index contributed by atoms with van der Waals surface area (Å²) in [5, 5.41) is 0. The number of ketones is 1. The Kier molecular flexibility index (Phi) is 5.13. The lowest BCUT2D eigenvalue weighted by atomic mass is 9.87. The Morgan fingerprint density at radius 1 is 1.16 bits per heavy atom. The molecular weight excluding hydrogens is 308 g/mol. The second-order valence-corrected chi connectivity index (χ2v) is 6.22. The Labute approximate surface area is 149 Å². The monoisotopic (exact) mass is 332 g/mol. The normalized spacial score (nSPS) is 13.1. The predicted octanol–water partition coefficient (Wildman–Crippen LogP) is 4.83. The number of Topliss-reactive ketones (excluding diaryl/α,β-unsaturated/α-hetero) is 1. The van der Waals surface area contributed by atoms with Crippen molar-refractivity contribution in [3.05, 3.63) is 83.3 Å². The molecule has 0 bridgehead atoms. The van der Waals surface area contributed by atoms with Crippen LogP contribution in [0.1, 0.15) is 47.4 Å². The summed E-state index contributed by atoms with van der Waals surface area (Å²) in [5.41, 5.74) is 6.41. The van der Waals surface area contributed by atoms with Gasteiger partial charge in [0, 0.05) is 18.8 Å². The van der Waals surface area contributed by atoms with Crippen LogP contribution in [0.25, 0.3) is 5.65 Å². The van der Waals surface area contributed by atoms with Gasteiger partial charge in [-0.1, -0.05) is 50.3 Å². The number of hydrogen-bond acceptors (Lipinski definition) is 2. The Balaban J connectivity index is 0.000000880. The lowest BCUT2D eigenvalue weighted by molar-refractivity contribution is 0.0989. The Morgan fingerprint density at radius 3 is 2.80 bits per heavy atom. The van der Waals surface area contributed by atoms with Crippen molar-refractivity contribution >= 4 is 11.4 Å².